The number of rotatable bonds is 10. The number of ether oxygens (including phenoxy) is 1. The lowest BCUT2D eigenvalue weighted by molar-refractivity contribution is -0.112. The summed E-state index contributed by atoms with van der Waals surface area (Å²) < 4.78 is 5.84. The van der Waals surface area contributed by atoms with Crippen LogP contribution in [-0.4, -0.2) is 57.1 Å². The Bertz CT molecular complexity index is 1480. The van der Waals surface area contributed by atoms with Crippen molar-refractivity contribution >= 4 is 40.0 Å². The Hall–Kier alpha value is -4.01. The molecule has 0 amide bonds. The van der Waals surface area contributed by atoms with Crippen molar-refractivity contribution in [3.8, 4) is 11.5 Å². The zero-order valence-corrected chi connectivity index (χ0v) is 21.7. The number of halogens is 1. The third kappa shape index (κ3) is 5.77. The Morgan fingerprint density at radius 1 is 1.16 bits per heavy atom. The van der Waals surface area contributed by atoms with E-state index in [4.69, 9.17) is 16.3 Å². The van der Waals surface area contributed by atoms with Gasteiger partial charge in [-0.05, 0) is 56.7 Å². The van der Waals surface area contributed by atoms with Gasteiger partial charge in [-0.25, -0.2) is 9.97 Å². The third-order valence-electron chi connectivity index (χ3n) is 6.58. The van der Waals surface area contributed by atoms with Crippen molar-refractivity contribution in [3.05, 3.63) is 89.4 Å². The van der Waals surface area contributed by atoms with Gasteiger partial charge in [0, 0.05) is 37.0 Å². The highest BCUT2D eigenvalue weighted by atomic mass is 35.5. The normalized spacial score (nSPS) is 15.8. The maximum absolute atomic E-state index is 13.6. The summed E-state index contributed by atoms with van der Waals surface area (Å²) in [7, 11) is 0. The summed E-state index contributed by atoms with van der Waals surface area (Å²) in [4.78, 5) is 39.0. The van der Waals surface area contributed by atoms with Gasteiger partial charge in [-0.1, -0.05) is 35.9 Å². The lowest BCUT2D eigenvalue weighted by atomic mass is 10.0. The number of fused-ring (bicyclic) bond motifs is 1. The van der Waals surface area contributed by atoms with E-state index >= 15 is 0 Å². The van der Waals surface area contributed by atoms with E-state index in [1.807, 2.05) is 36.4 Å². The van der Waals surface area contributed by atoms with Gasteiger partial charge < -0.3 is 15.0 Å². The molecule has 1 aliphatic rings. The van der Waals surface area contributed by atoms with Gasteiger partial charge in [0.25, 0.3) is 0 Å². The fraction of sp³-hybridized carbons (Fsp3) is 0.241. The number of carbonyl (C=O) groups excluding carboxylic acids is 2. The fourth-order valence-electron chi connectivity index (χ4n) is 4.72. The Morgan fingerprint density at radius 3 is 2.79 bits per heavy atom. The molecule has 0 bridgehead atoms. The second-order valence-electron chi connectivity index (χ2n) is 9.22. The summed E-state index contributed by atoms with van der Waals surface area (Å²) in [6.45, 7) is 3.91. The average molecular weight is 530 g/mol. The molecule has 1 atom stereocenters. The number of likely N-dealkylation sites (tertiary alicyclic amines) is 1. The number of ketones is 2. The van der Waals surface area contributed by atoms with E-state index in [2.05, 4.69) is 25.2 Å². The van der Waals surface area contributed by atoms with Crippen molar-refractivity contribution in [2.45, 2.75) is 25.8 Å². The van der Waals surface area contributed by atoms with Crippen LogP contribution in [0.2, 0.25) is 5.02 Å². The topological polar surface area (TPSA) is 100 Å². The highest BCUT2D eigenvalue weighted by molar-refractivity contribution is 6.35. The largest absolute Gasteiger partial charge is 0.457 e. The van der Waals surface area contributed by atoms with Crippen molar-refractivity contribution in [1.82, 2.24) is 19.9 Å². The maximum atomic E-state index is 13.6. The summed E-state index contributed by atoms with van der Waals surface area (Å²) in [5.74, 6) is 1.63. The zero-order valence-electron chi connectivity index (χ0n) is 21.0. The number of benzene rings is 2. The van der Waals surface area contributed by atoms with Gasteiger partial charge >= 0.3 is 0 Å². The monoisotopic (exact) mass is 529 g/mol. The number of aromatic amines is 1. The molecule has 4 aromatic rings. The van der Waals surface area contributed by atoms with Gasteiger partial charge in [-0.3, -0.25) is 14.5 Å². The van der Waals surface area contributed by atoms with E-state index in [1.165, 1.54) is 6.33 Å². The molecular formula is C29H28ClN5O3. The number of hydrogen-bond acceptors (Lipinski definition) is 7. The Morgan fingerprint density at radius 2 is 2.00 bits per heavy atom. The van der Waals surface area contributed by atoms with Crippen LogP contribution in [0.3, 0.4) is 0 Å². The van der Waals surface area contributed by atoms with Gasteiger partial charge in [0.05, 0.1) is 16.0 Å². The third-order valence-corrected chi connectivity index (χ3v) is 6.89. The number of allylic oxidation sites excluding steroid dienone is 1. The highest BCUT2D eigenvalue weighted by Crippen LogP contribution is 2.31. The van der Waals surface area contributed by atoms with Crippen LogP contribution in [0, 0.1) is 0 Å². The van der Waals surface area contributed by atoms with Crippen LogP contribution in [0.4, 0.5) is 5.82 Å². The number of carbonyl (C=O) groups is 2. The van der Waals surface area contributed by atoms with Crippen LogP contribution in [0.15, 0.2) is 73.2 Å². The molecular weight excluding hydrogens is 502 g/mol. The molecule has 0 aliphatic carbocycles. The number of para-hydroxylation sites is 1. The number of nitrogens with one attached hydrogen (secondary N) is 2. The van der Waals surface area contributed by atoms with Gasteiger partial charge in [0.2, 0.25) is 0 Å². The lowest BCUT2D eigenvalue weighted by Gasteiger charge is -2.23. The minimum atomic E-state index is -0.234. The molecule has 3 heterocycles. The number of H-pyrrole nitrogens is 1. The van der Waals surface area contributed by atoms with Crippen LogP contribution in [0.25, 0.3) is 11.0 Å². The molecule has 0 radical (unpaired) electrons. The first-order valence-corrected chi connectivity index (χ1v) is 12.9. The number of aromatic nitrogens is 3. The van der Waals surface area contributed by atoms with Crippen molar-refractivity contribution in [2.75, 3.05) is 25.0 Å². The fourth-order valence-corrected chi connectivity index (χ4v) is 4.98. The second kappa shape index (κ2) is 11.6. The molecule has 0 spiro atoms. The molecule has 2 aromatic heterocycles. The van der Waals surface area contributed by atoms with E-state index in [0.717, 1.165) is 25.9 Å². The van der Waals surface area contributed by atoms with Gasteiger partial charge in [0.15, 0.2) is 11.6 Å². The van der Waals surface area contributed by atoms with Crippen LogP contribution < -0.4 is 10.1 Å². The first kappa shape index (κ1) is 25.6. The molecule has 1 fully saturated rings. The molecule has 38 heavy (non-hydrogen) atoms. The lowest BCUT2D eigenvalue weighted by Crippen LogP contribution is -2.35. The average Bonchev–Trinajstić information content (AvgIpc) is 3.55. The minimum Gasteiger partial charge on any atom is -0.457 e. The zero-order chi connectivity index (χ0) is 26.5. The van der Waals surface area contributed by atoms with Gasteiger partial charge in [-0.15, -0.1) is 0 Å². The van der Waals surface area contributed by atoms with E-state index in [0.29, 0.717) is 57.1 Å². The van der Waals surface area contributed by atoms with Crippen LogP contribution in [0.1, 0.15) is 35.7 Å². The van der Waals surface area contributed by atoms with Gasteiger partial charge in [0.1, 0.15) is 29.3 Å². The molecule has 0 saturated carbocycles. The number of anilines is 1. The number of nitrogens with zero attached hydrogens (tertiary/aromatic N) is 3. The Labute approximate surface area is 225 Å². The van der Waals surface area contributed by atoms with E-state index in [-0.39, 0.29) is 11.6 Å². The molecule has 1 aliphatic heterocycles. The molecule has 1 unspecified atom stereocenters. The standard InChI is InChI=1S/C29H28ClN5O3/c1-19(36)7-5-13-35-14-6-8-20(35)16-31-28-26-24(17-32-29(26)34-18-33-28)27(37)23-12-11-22(15-25(23)30)38-21-9-3-2-4-10-21/h2-5,7,9-12,15,17-18,20H,6,8,13-14,16H2,1H3,(H2,31,32,33,34)/b7-5+. The van der Waals surface area contributed by atoms with Crippen molar-refractivity contribution in [2.24, 2.45) is 0 Å². The van der Waals surface area contributed by atoms with Crippen molar-refractivity contribution < 1.29 is 14.3 Å². The van der Waals surface area contributed by atoms with Crippen LogP contribution in [-0.2, 0) is 4.79 Å². The predicted molar refractivity (Wildman–Crippen MR) is 148 cm³/mol. The summed E-state index contributed by atoms with van der Waals surface area (Å²) in [6, 6.07) is 14.7. The van der Waals surface area contributed by atoms with Crippen molar-refractivity contribution in [1.29, 1.82) is 0 Å². The van der Waals surface area contributed by atoms with Crippen LogP contribution >= 0.6 is 11.6 Å². The van der Waals surface area contributed by atoms with Crippen LogP contribution in [0.5, 0.6) is 11.5 Å². The molecule has 194 valence electrons. The van der Waals surface area contributed by atoms with E-state index < -0.39 is 0 Å². The smallest absolute Gasteiger partial charge is 0.196 e. The second-order valence-corrected chi connectivity index (χ2v) is 9.63. The summed E-state index contributed by atoms with van der Waals surface area (Å²) in [6.07, 6.45) is 8.77. The summed E-state index contributed by atoms with van der Waals surface area (Å²) in [5.41, 5.74) is 1.37. The first-order valence-electron chi connectivity index (χ1n) is 12.5. The minimum absolute atomic E-state index is 0.0466. The summed E-state index contributed by atoms with van der Waals surface area (Å²) in [5, 5.41) is 4.35. The Balaban J connectivity index is 1.34. The highest BCUT2D eigenvalue weighted by Gasteiger charge is 2.25. The summed E-state index contributed by atoms with van der Waals surface area (Å²) >= 11 is 6.53. The molecule has 1 saturated heterocycles. The molecule has 5 rings (SSSR count). The van der Waals surface area contributed by atoms with E-state index in [1.54, 1.807) is 37.4 Å². The first-order chi connectivity index (χ1) is 18.5. The predicted octanol–water partition coefficient (Wildman–Crippen LogP) is 5.66. The molecule has 2 aromatic carbocycles. The van der Waals surface area contributed by atoms with E-state index in [9.17, 15) is 9.59 Å². The molecule has 2 N–H and O–H groups in total. The quantitative estimate of drug-likeness (QED) is 0.202. The molecule has 9 heteroatoms. The maximum Gasteiger partial charge on any atom is 0.196 e. The Kier molecular flexibility index (Phi) is 7.81. The number of hydrogen-bond donors (Lipinski definition) is 2. The SMILES string of the molecule is CC(=O)/C=C/CN1CCCC1CNc1ncnc2[nH]cc(C(=O)c3ccc(Oc4ccccc4)cc3Cl)c12. The van der Waals surface area contributed by atoms with Crippen molar-refractivity contribution in [3.63, 3.8) is 0 Å². The molecule has 8 nitrogen and oxygen atoms in total. The van der Waals surface area contributed by atoms with Gasteiger partial charge in [-0.2, -0.15) is 0 Å².